The van der Waals surface area contributed by atoms with Gasteiger partial charge in [0.2, 0.25) is 15.9 Å². The van der Waals surface area contributed by atoms with Crippen LogP contribution in [-0.4, -0.2) is 14.3 Å². The van der Waals surface area contributed by atoms with Crippen LogP contribution in [0.5, 0.6) is 0 Å². The van der Waals surface area contributed by atoms with Crippen LogP contribution >= 0.6 is 11.6 Å². The maximum absolute atomic E-state index is 12.1. The number of sulfonamides is 1. The highest BCUT2D eigenvalue weighted by molar-refractivity contribution is 7.89. The van der Waals surface area contributed by atoms with E-state index in [1.165, 1.54) is 12.1 Å². The van der Waals surface area contributed by atoms with Crippen LogP contribution in [0.4, 0.5) is 5.69 Å². The predicted molar refractivity (Wildman–Crippen MR) is 80.3 cm³/mol. The molecule has 0 aliphatic rings. The first-order valence-corrected chi connectivity index (χ1v) is 8.06. The van der Waals surface area contributed by atoms with Gasteiger partial charge in [-0.05, 0) is 31.0 Å². The van der Waals surface area contributed by atoms with E-state index in [-0.39, 0.29) is 15.8 Å². The van der Waals surface area contributed by atoms with Gasteiger partial charge in [-0.2, -0.15) is 0 Å². The minimum Gasteiger partial charge on any atom is -0.324 e. The highest BCUT2D eigenvalue weighted by Crippen LogP contribution is 2.31. The number of benzene rings is 1. The van der Waals surface area contributed by atoms with Crippen LogP contribution in [0.1, 0.15) is 32.8 Å². The number of halogens is 1. The SMILES string of the molecule is CCC(C)(C)C(=O)Nc1c(C)cc(S(N)(=O)=O)cc1Cl. The fraction of sp³-hybridized carbons (Fsp3) is 0.462. The second kappa shape index (κ2) is 5.71. The summed E-state index contributed by atoms with van der Waals surface area (Å²) in [6.45, 7) is 7.22. The molecule has 0 fully saturated rings. The Morgan fingerprint density at radius 1 is 1.40 bits per heavy atom. The van der Waals surface area contributed by atoms with Gasteiger partial charge in [-0.1, -0.05) is 32.4 Å². The van der Waals surface area contributed by atoms with E-state index in [0.717, 1.165) is 0 Å². The summed E-state index contributed by atoms with van der Waals surface area (Å²) in [5, 5.41) is 7.95. The topological polar surface area (TPSA) is 89.3 Å². The van der Waals surface area contributed by atoms with Gasteiger partial charge in [0.25, 0.3) is 0 Å². The first-order valence-electron chi connectivity index (χ1n) is 6.13. The lowest BCUT2D eigenvalue weighted by Gasteiger charge is -2.22. The van der Waals surface area contributed by atoms with Crippen LogP contribution < -0.4 is 10.5 Å². The average molecular weight is 319 g/mol. The van der Waals surface area contributed by atoms with Crippen molar-refractivity contribution in [1.29, 1.82) is 0 Å². The first kappa shape index (κ1) is 16.9. The monoisotopic (exact) mass is 318 g/mol. The Morgan fingerprint density at radius 3 is 2.35 bits per heavy atom. The average Bonchev–Trinajstić information content (AvgIpc) is 2.31. The third kappa shape index (κ3) is 3.71. The number of carbonyl (C=O) groups is 1. The third-order valence-corrected chi connectivity index (χ3v) is 4.52. The molecule has 7 heteroatoms. The summed E-state index contributed by atoms with van der Waals surface area (Å²) in [5.41, 5.74) is 0.418. The molecule has 0 unspecified atom stereocenters. The van der Waals surface area contributed by atoms with Crippen molar-refractivity contribution in [1.82, 2.24) is 0 Å². The molecule has 1 aromatic rings. The molecular formula is C13H19ClN2O3S. The molecule has 0 bridgehead atoms. The highest BCUT2D eigenvalue weighted by Gasteiger charge is 2.26. The zero-order chi connectivity index (χ0) is 15.7. The Labute approximate surface area is 124 Å². The van der Waals surface area contributed by atoms with Gasteiger partial charge in [0.15, 0.2) is 0 Å². The van der Waals surface area contributed by atoms with Crippen molar-refractivity contribution in [3.8, 4) is 0 Å². The standard InChI is InChI=1S/C13H19ClN2O3S/c1-5-13(3,4)12(17)16-11-8(2)6-9(7-10(11)14)20(15,18)19/h6-7H,5H2,1-4H3,(H,16,17)(H2,15,18,19). The second-order valence-corrected chi connectivity index (χ2v) is 7.30. The summed E-state index contributed by atoms with van der Waals surface area (Å²) < 4.78 is 22.6. The molecule has 20 heavy (non-hydrogen) atoms. The van der Waals surface area contributed by atoms with Gasteiger partial charge >= 0.3 is 0 Å². The molecule has 0 heterocycles. The summed E-state index contributed by atoms with van der Waals surface area (Å²) in [7, 11) is -3.82. The van der Waals surface area contributed by atoms with Crippen molar-refractivity contribution in [2.24, 2.45) is 10.6 Å². The van der Waals surface area contributed by atoms with Crippen molar-refractivity contribution in [2.75, 3.05) is 5.32 Å². The highest BCUT2D eigenvalue weighted by atomic mass is 35.5. The number of hydrogen-bond donors (Lipinski definition) is 2. The van der Waals surface area contributed by atoms with E-state index >= 15 is 0 Å². The van der Waals surface area contributed by atoms with E-state index in [0.29, 0.717) is 17.7 Å². The van der Waals surface area contributed by atoms with Crippen molar-refractivity contribution < 1.29 is 13.2 Å². The van der Waals surface area contributed by atoms with E-state index in [4.69, 9.17) is 16.7 Å². The van der Waals surface area contributed by atoms with Crippen molar-refractivity contribution >= 4 is 33.2 Å². The molecular weight excluding hydrogens is 300 g/mol. The number of amides is 1. The van der Waals surface area contributed by atoms with Gasteiger partial charge < -0.3 is 5.32 Å². The second-order valence-electron chi connectivity index (χ2n) is 5.33. The molecule has 1 rings (SSSR count). The predicted octanol–water partition coefficient (Wildman–Crippen LogP) is 2.67. The number of primary sulfonamides is 1. The third-order valence-electron chi connectivity index (χ3n) is 3.33. The maximum Gasteiger partial charge on any atom is 0.238 e. The molecule has 0 saturated heterocycles. The number of carbonyl (C=O) groups excluding carboxylic acids is 1. The Kier molecular flexibility index (Phi) is 4.84. The molecule has 0 aromatic heterocycles. The summed E-state index contributed by atoms with van der Waals surface area (Å²) in [5.74, 6) is -0.173. The lowest BCUT2D eigenvalue weighted by molar-refractivity contribution is -0.124. The molecule has 0 aliphatic heterocycles. The Bertz CT molecular complexity index is 616. The van der Waals surface area contributed by atoms with E-state index in [2.05, 4.69) is 5.32 Å². The minimum atomic E-state index is -3.82. The number of anilines is 1. The Hall–Kier alpha value is -1.11. The summed E-state index contributed by atoms with van der Waals surface area (Å²) in [6.07, 6.45) is 0.671. The van der Waals surface area contributed by atoms with Crippen LogP contribution in [-0.2, 0) is 14.8 Å². The zero-order valence-corrected chi connectivity index (χ0v) is 13.5. The lowest BCUT2D eigenvalue weighted by Crippen LogP contribution is -2.30. The molecule has 0 saturated carbocycles. The smallest absolute Gasteiger partial charge is 0.238 e. The van der Waals surface area contributed by atoms with Crippen LogP contribution in [0.3, 0.4) is 0 Å². The molecule has 1 amide bonds. The van der Waals surface area contributed by atoms with Gasteiger partial charge in [0.1, 0.15) is 0 Å². The van der Waals surface area contributed by atoms with E-state index in [1.807, 2.05) is 20.8 Å². The molecule has 0 spiro atoms. The number of hydrogen-bond acceptors (Lipinski definition) is 3. The normalized spacial score (nSPS) is 12.3. The van der Waals surface area contributed by atoms with Gasteiger partial charge in [-0.15, -0.1) is 0 Å². The first-order chi connectivity index (χ1) is 8.99. The van der Waals surface area contributed by atoms with E-state index < -0.39 is 15.4 Å². The summed E-state index contributed by atoms with van der Waals surface area (Å²) in [4.78, 5) is 12.1. The minimum absolute atomic E-state index is 0.0762. The quantitative estimate of drug-likeness (QED) is 0.894. The van der Waals surface area contributed by atoms with E-state index in [9.17, 15) is 13.2 Å². The van der Waals surface area contributed by atoms with Crippen LogP contribution in [0.2, 0.25) is 5.02 Å². The largest absolute Gasteiger partial charge is 0.324 e. The summed E-state index contributed by atoms with van der Waals surface area (Å²) >= 11 is 6.04. The maximum atomic E-state index is 12.1. The molecule has 112 valence electrons. The molecule has 0 radical (unpaired) electrons. The Morgan fingerprint density at radius 2 is 1.95 bits per heavy atom. The van der Waals surface area contributed by atoms with Crippen LogP contribution in [0, 0.1) is 12.3 Å². The molecule has 0 aliphatic carbocycles. The van der Waals surface area contributed by atoms with Gasteiger partial charge in [-0.25, -0.2) is 13.6 Å². The van der Waals surface area contributed by atoms with Crippen LogP contribution in [0.25, 0.3) is 0 Å². The van der Waals surface area contributed by atoms with E-state index in [1.54, 1.807) is 6.92 Å². The molecule has 1 aromatic carbocycles. The van der Waals surface area contributed by atoms with Gasteiger partial charge in [-0.3, -0.25) is 4.79 Å². The fourth-order valence-electron chi connectivity index (χ4n) is 1.48. The van der Waals surface area contributed by atoms with Crippen molar-refractivity contribution in [2.45, 2.75) is 39.0 Å². The Balaban J connectivity index is 3.20. The number of aryl methyl sites for hydroxylation is 1. The molecule has 0 atom stereocenters. The zero-order valence-electron chi connectivity index (χ0n) is 12.0. The van der Waals surface area contributed by atoms with Crippen molar-refractivity contribution in [3.05, 3.63) is 22.7 Å². The number of nitrogens with two attached hydrogens (primary N) is 1. The summed E-state index contributed by atoms with van der Waals surface area (Å²) in [6, 6.07) is 2.62. The van der Waals surface area contributed by atoms with Crippen molar-refractivity contribution in [3.63, 3.8) is 0 Å². The molecule has 3 N–H and O–H groups in total. The van der Waals surface area contributed by atoms with Crippen LogP contribution in [0.15, 0.2) is 17.0 Å². The molecule has 5 nitrogen and oxygen atoms in total. The number of nitrogens with one attached hydrogen (secondary N) is 1. The van der Waals surface area contributed by atoms with Gasteiger partial charge in [0.05, 0.1) is 15.6 Å². The van der Waals surface area contributed by atoms with Gasteiger partial charge in [0, 0.05) is 5.41 Å². The number of rotatable bonds is 4. The lowest BCUT2D eigenvalue weighted by atomic mass is 9.89. The fourth-order valence-corrected chi connectivity index (χ4v) is 2.48.